The Bertz CT molecular complexity index is 985. The quantitative estimate of drug-likeness (QED) is 0.251. The third-order valence-electron chi connectivity index (χ3n) is 3.88. The number of carbonyl (C=O) groups excluding carboxylic acids is 1. The van der Waals surface area contributed by atoms with Crippen molar-refractivity contribution >= 4 is 39.1 Å². The Balaban J connectivity index is 2.16. The van der Waals surface area contributed by atoms with Crippen LogP contribution in [0.2, 0.25) is 0 Å². The molecule has 1 heterocycles. The van der Waals surface area contributed by atoms with Gasteiger partial charge in [0.15, 0.2) is 0 Å². The Morgan fingerprint density at radius 2 is 2.04 bits per heavy atom. The first-order valence-electron chi connectivity index (χ1n) is 7.82. The third kappa shape index (κ3) is 3.35. The summed E-state index contributed by atoms with van der Waals surface area (Å²) in [6.45, 7) is 3.76. The van der Waals surface area contributed by atoms with Gasteiger partial charge >= 0.3 is 5.97 Å². The maximum absolute atomic E-state index is 11.2. The molecule has 0 saturated heterocycles. The van der Waals surface area contributed by atoms with Crippen molar-refractivity contribution in [2.24, 2.45) is 0 Å². The predicted octanol–water partition coefficient (Wildman–Crippen LogP) is 3.58. The average Bonchev–Trinajstić information content (AvgIpc) is 2.58. The summed E-state index contributed by atoms with van der Waals surface area (Å²) in [5, 5.41) is 16.0. The number of fused-ring (bicyclic) bond motifs is 2. The van der Waals surface area contributed by atoms with E-state index >= 15 is 0 Å². The molecule has 0 atom stereocenters. The number of nitro benzene ring substituents is 1. The molecule has 0 fully saturated rings. The van der Waals surface area contributed by atoms with Gasteiger partial charge in [-0.3, -0.25) is 14.9 Å². The zero-order valence-corrected chi connectivity index (χ0v) is 13.9. The van der Waals surface area contributed by atoms with Crippen LogP contribution in [0.1, 0.15) is 12.5 Å². The SMILES string of the molecule is CC(=O)OCCNc1c2ccccc2nc2c(C)cc([N+](=O)[O-])cc12. The molecule has 1 N–H and O–H groups in total. The number of carbonyl (C=O) groups is 1. The molecule has 0 saturated carbocycles. The molecule has 0 amide bonds. The lowest BCUT2D eigenvalue weighted by Gasteiger charge is -2.14. The van der Waals surface area contributed by atoms with Crippen LogP contribution in [0, 0.1) is 17.0 Å². The van der Waals surface area contributed by atoms with Crippen LogP contribution in [-0.2, 0) is 9.53 Å². The number of esters is 1. The molecule has 3 aromatic rings. The van der Waals surface area contributed by atoms with E-state index < -0.39 is 4.92 Å². The fourth-order valence-corrected chi connectivity index (χ4v) is 2.81. The van der Waals surface area contributed by atoms with Gasteiger partial charge in [-0.1, -0.05) is 18.2 Å². The van der Waals surface area contributed by atoms with Crippen LogP contribution in [-0.4, -0.2) is 29.0 Å². The van der Waals surface area contributed by atoms with E-state index in [-0.39, 0.29) is 18.3 Å². The molecule has 3 rings (SSSR count). The molecule has 0 aliphatic heterocycles. The number of rotatable bonds is 5. The van der Waals surface area contributed by atoms with Gasteiger partial charge in [-0.15, -0.1) is 0 Å². The lowest BCUT2D eigenvalue weighted by Crippen LogP contribution is -2.12. The summed E-state index contributed by atoms with van der Waals surface area (Å²) < 4.78 is 4.95. The number of anilines is 1. The Morgan fingerprint density at radius 3 is 2.76 bits per heavy atom. The Morgan fingerprint density at radius 1 is 1.28 bits per heavy atom. The molecule has 0 aliphatic rings. The zero-order chi connectivity index (χ0) is 18.0. The van der Waals surface area contributed by atoms with E-state index in [2.05, 4.69) is 10.3 Å². The monoisotopic (exact) mass is 339 g/mol. The predicted molar refractivity (Wildman–Crippen MR) is 95.8 cm³/mol. The van der Waals surface area contributed by atoms with E-state index in [0.717, 1.165) is 22.2 Å². The number of nitrogens with one attached hydrogen (secondary N) is 1. The van der Waals surface area contributed by atoms with Gasteiger partial charge in [0, 0.05) is 36.4 Å². The first-order valence-corrected chi connectivity index (χ1v) is 7.82. The number of pyridine rings is 1. The van der Waals surface area contributed by atoms with E-state index in [4.69, 9.17) is 4.74 Å². The van der Waals surface area contributed by atoms with Gasteiger partial charge in [0.1, 0.15) is 6.61 Å². The minimum Gasteiger partial charge on any atom is -0.464 e. The highest BCUT2D eigenvalue weighted by Gasteiger charge is 2.15. The van der Waals surface area contributed by atoms with Crippen molar-refractivity contribution in [1.29, 1.82) is 0 Å². The summed E-state index contributed by atoms with van der Waals surface area (Å²) in [4.78, 5) is 26.4. The number of hydrogen-bond donors (Lipinski definition) is 1. The Labute approximate surface area is 143 Å². The maximum atomic E-state index is 11.2. The van der Waals surface area contributed by atoms with E-state index in [1.54, 1.807) is 6.92 Å². The lowest BCUT2D eigenvalue weighted by atomic mass is 10.0. The summed E-state index contributed by atoms with van der Waals surface area (Å²) in [7, 11) is 0. The van der Waals surface area contributed by atoms with Gasteiger partial charge < -0.3 is 10.1 Å². The van der Waals surface area contributed by atoms with Crippen LogP contribution < -0.4 is 5.32 Å². The number of para-hydroxylation sites is 1. The number of aromatic nitrogens is 1. The summed E-state index contributed by atoms with van der Waals surface area (Å²) >= 11 is 0. The van der Waals surface area contributed by atoms with Gasteiger partial charge in [-0.25, -0.2) is 4.98 Å². The fourth-order valence-electron chi connectivity index (χ4n) is 2.81. The number of non-ortho nitro benzene ring substituents is 1. The van der Waals surface area contributed by atoms with Gasteiger partial charge in [-0.05, 0) is 18.6 Å². The van der Waals surface area contributed by atoms with Gasteiger partial charge in [-0.2, -0.15) is 0 Å². The molecule has 7 nitrogen and oxygen atoms in total. The second-order valence-electron chi connectivity index (χ2n) is 5.69. The number of hydrogen-bond acceptors (Lipinski definition) is 6. The lowest BCUT2D eigenvalue weighted by molar-refractivity contribution is -0.384. The summed E-state index contributed by atoms with van der Waals surface area (Å²) in [6, 6.07) is 10.6. The first kappa shape index (κ1) is 16.6. The highest BCUT2D eigenvalue weighted by molar-refractivity contribution is 6.08. The van der Waals surface area contributed by atoms with E-state index in [1.165, 1.54) is 19.1 Å². The van der Waals surface area contributed by atoms with Crippen molar-refractivity contribution in [2.75, 3.05) is 18.5 Å². The van der Waals surface area contributed by atoms with E-state index in [0.29, 0.717) is 17.4 Å². The maximum Gasteiger partial charge on any atom is 0.302 e. The molecule has 25 heavy (non-hydrogen) atoms. The molecule has 0 spiro atoms. The Kier molecular flexibility index (Phi) is 4.47. The van der Waals surface area contributed by atoms with Gasteiger partial charge in [0.2, 0.25) is 0 Å². The van der Waals surface area contributed by atoms with Crippen molar-refractivity contribution in [3.05, 3.63) is 52.1 Å². The number of benzene rings is 2. The van der Waals surface area contributed by atoms with Crippen LogP contribution in [0.5, 0.6) is 0 Å². The van der Waals surface area contributed by atoms with Crippen LogP contribution in [0.15, 0.2) is 36.4 Å². The largest absolute Gasteiger partial charge is 0.464 e. The fraction of sp³-hybridized carbons (Fsp3) is 0.222. The number of nitrogens with zero attached hydrogens (tertiary/aromatic N) is 2. The van der Waals surface area contributed by atoms with Gasteiger partial charge in [0.25, 0.3) is 5.69 Å². The first-order chi connectivity index (χ1) is 12.0. The molecule has 1 aromatic heterocycles. The van der Waals surface area contributed by atoms with Crippen LogP contribution in [0.4, 0.5) is 11.4 Å². The summed E-state index contributed by atoms with van der Waals surface area (Å²) in [6.07, 6.45) is 0. The molecule has 2 aromatic carbocycles. The molecule has 0 radical (unpaired) electrons. The minimum atomic E-state index is -0.412. The summed E-state index contributed by atoms with van der Waals surface area (Å²) in [5.41, 5.74) is 3.00. The highest BCUT2D eigenvalue weighted by Crippen LogP contribution is 2.34. The minimum absolute atomic E-state index is 0.0186. The van der Waals surface area contributed by atoms with Crippen molar-refractivity contribution in [2.45, 2.75) is 13.8 Å². The van der Waals surface area contributed by atoms with Crippen molar-refractivity contribution < 1.29 is 14.5 Å². The smallest absolute Gasteiger partial charge is 0.302 e. The van der Waals surface area contributed by atoms with Crippen LogP contribution in [0.3, 0.4) is 0 Å². The van der Waals surface area contributed by atoms with Crippen molar-refractivity contribution in [3.63, 3.8) is 0 Å². The van der Waals surface area contributed by atoms with Gasteiger partial charge in [0.05, 0.1) is 21.6 Å². The molecule has 0 unspecified atom stereocenters. The number of ether oxygens (including phenoxy) is 1. The van der Waals surface area contributed by atoms with E-state index in [1.807, 2.05) is 24.3 Å². The average molecular weight is 339 g/mol. The van der Waals surface area contributed by atoms with Crippen molar-refractivity contribution in [1.82, 2.24) is 4.98 Å². The standard InChI is InChI=1S/C18H17N3O4/c1-11-9-13(21(23)24)10-15-17(11)20-16-6-4-3-5-14(16)18(15)19-7-8-25-12(2)22/h3-6,9-10H,7-8H2,1-2H3,(H,19,20). The molecule has 0 bridgehead atoms. The number of nitro groups is 1. The second kappa shape index (κ2) is 6.72. The van der Waals surface area contributed by atoms with Crippen molar-refractivity contribution in [3.8, 4) is 0 Å². The second-order valence-corrected chi connectivity index (χ2v) is 5.69. The van der Waals surface area contributed by atoms with Crippen LogP contribution in [0.25, 0.3) is 21.8 Å². The molecule has 0 aliphatic carbocycles. The topological polar surface area (TPSA) is 94.4 Å². The highest BCUT2D eigenvalue weighted by atomic mass is 16.6. The Hall–Kier alpha value is -3.22. The molecule has 7 heteroatoms. The molecular weight excluding hydrogens is 322 g/mol. The number of aryl methyl sites for hydroxylation is 1. The van der Waals surface area contributed by atoms with E-state index in [9.17, 15) is 14.9 Å². The molecule has 128 valence electrons. The van der Waals surface area contributed by atoms with Crippen LogP contribution >= 0.6 is 0 Å². The molecular formula is C18H17N3O4. The normalized spacial score (nSPS) is 10.8. The third-order valence-corrected chi connectivity index (χ3v) is 3.88. The summed E-state index contributed by atoms with van der Waals surface area (Å²) in [5.74, 6) is -0.349. The zero-order valence-electron chi connectivity index (χ0n) is 13.9.